The van der Waals surface area contributed by atoms with E-state index in [4.69, 9.17) is 27.9 Å². The largest absolute Gasteiger partial charge is 0.492 e. The van der Waals surface area contributed by atoms with Gasteiger partial charge in [-0.05, 0) is 74.7 Å². The van der Waals surface area contributed by atoms with E-state index in [1.165, 1.54) is 0 Å². The second-order valence-corrected chi connectivity index (χ2v) is 8.74. The lowest BCUT2D eigenvalue weighted by molar-refractivity contribution is 0.103. The van der Waals surface area contributed by atoms with Crippen LogP contribution in [0.2, 0.25) is 10.0 Å². The lowest BCUT2D eigenvalue weighted by Gasteiger charge is -2.21. The molecule has 0 saturated carbocycles. The van der Waals surface area contributed by atoms with E-state index in [1.807, 2.05) is 41.8 Å². The zero-order valence-electron chi connectivity index (χ0n) is 19.2. The van der Waals surface area contributed by atoms with Crippen LogP contribution in [-0.2, 0) is 6.42 Å². The van der Waals surface area contributed by atoms with Crippen LogP contribution in [0.1, 0.15) is 61.6 Å². The maximum Gasteiger partial charge on any atom is 0.211 e. The molecule has 0 radical (unpaired) electrons. The van der Waals surface area contributed by atoms with E-state index in [2.05, 4.69) is 18.7 Å². The van der Waals surface area contributed by atoms with E-state index in [-0.39, 0.29) is 15.8 Å². The van der Waals surface area contributed by atoms with Crippen LogP contribution >= 0.6 is 23.2 Å². The summed E-state index contributed by atoms with van der Waals surface area (Å²) in [5.74, 6) is 0.378. The molecule has 4 nitrogen and oxygen atoms in total. The topological polar surface area (TPSA) is 34.0 Å². The van der Waals surface area contributed by atoms with Crippen molar-refractivity contribution in [2.45, 2.75) is 46.5 Å². The van der Waals surface area contributed by atoms with Crippen molar-refractivity contribution < 1.29 is 9.53 Å². The number of rotatable bonds is 12. The zero-order valence-corrected chi connectivity index (χ0v) is 20.7. The lowest BCUT2D eigenvalue weighted by Crippen LogP contribution is -2.27. The van der Waals surface area contributed by atoms with E-state index in [0.29, 0.717) is 23.6 Å². The van der Waals surface area contributed by atoms with Crippen LogP contribution in [0.15, 0.2) is 42.6 Å². The average molecular weight is 475 g/mol. The lowest BCUT2D eigenvalue weighted by atomic mass is 10.0. The number of halogens is 2. The monoisotopic (exact) mass is 474 g/mol. The van der Waals surface area contributed by atoms with Crippen LogP contribution in [0.25, 0.3) is 5.52 Å². The Morgan fingerprint density at radius 3 is 2.44 bits per heavy atom. The minimum absolute atomic E-state index is 0.138. The highest BCUT2D eigenvalue weighted by Gasteiger charge is 2.23. The SMILES string of the molecule is CCCN(CCC)CCCOc1ccc(C(=O)c2c(CC)cc3ccccn23)c(Cl)c1Cl. The predicted molar refractivity (Wildman–Crippen MR) is 134 cm³/mol. The Balaban J connectivity index is 1.74. The van der Waals surface area contributed by atoms with Gasteiger partial charge in [0.05, 0.1) is 17.3 Å². The number of aromatic nitrogens is 1. The van der Waals surface area contributed by atoms with Crippen LogP contribution in [0.5, 0.6) is 5.75 Å². The molecule has 0 fully saturated rings. The first-order valence-electron chi connectivity index (χ1n) is 11.5. The van der Waals surface area contributed by atoms with Gasteiger partial charge in [0.25, 0.3) is 0 Å². The summed E-state index contributed by atoms with van der Waals surface area (Å²) in [6, 6.07) is 11.4. The van der Waals surface area contributed by atoms with Crippen molar-refractivity contribution in [1.82, 2.24) is 9.30 Å². The summed E-state index contributed by atoms with van der Waals surface area (Å²) in [6.45, 7) is 10.2. The molecule has 1 aromatic carbocycles. The van der Waals surface area contributed by atoms with Gasteiger partial charge in [-0.25, -0.2) is 0 Å². The van der Waals surface area contributed by atoms with Gasteiger partial charge in [-0.2, -0.15) is 0 Å². The van der Waals surface area contributed by atoms with Crippen LogP contribution in [0.4, 0.5) is 0 Å². The van der Waals surface area contributed by atoms with Crippen molar-refractivity contribution in [3.05, 3.63) is 69.5 Å². The molecule has 6 heteroatoms. The van der Waals surface area contributed by atoms with Crippen molar-refractivity contribution in [3.63, 3.8) is 0 Å². The Kier molecular flexibility index (Phi) is 9.03. The van der Waals surface area contributed by atoms with Gasteiger partial charge in [-0.1, -0.05) is 50.0 Å². The zero-order chi connectivity index (χ0) is 23.1. The second-order valence-electron chi connectivity index (χ2n) is 7.98. The third-order valence-electron chi connectivity index (χ3n) is 5.60. The summed E-state index contributed by atoms with van der Waals surface area (Å²) in [6.07, 6.45) is 5.85. The van der Waals surface area contributed by atoms with Crippen LogP contribution in [-0.4, -0.2) is 41.3 Å². The summed E-state index contributed by atoms with van der Waals surface area (Å²) in [5, 5.41) is 0.524. The van der Waals surface area contributed by atoms with Gasteiger partial charge < -0.3 is 14.0 Å². The molecule has 0 bridgehead atoms. The summed E-state index contributed by atoms with van der Waals surface area (Å²) < 4.78 is 7.82. The third-order valence-corrected chi connectivity index (χ3v) is 6.47. The summed E-state index contributed by atoms with van der Waals surface area (Å²) in [7, 11) is 0. The number of benzene rings is 1. The normalized spacial score (nSPS) is 11.4. The Labute approximate surface area is 201 Å². The van der Waals surface area contributed by atoms with Crippen LogP contribution in [0.3, 0.4) is 0 Å². The number of hydrogen-bond acceptors (Lipinski definition) is 3. The number of nitrogens with zero attached hydrogens (tertiary/aromatic N) is 2. The maximum atomic E-state index is 13.4. The standard InChI is InChI=1S/C26H32Cl2N2O2/c1-4-13-29(14-5-2)15-9-17-32-22-12-11-21(23(27)24(22)28)26(31)25-19(6-3)18-20-10-7-8-16-30(20)25/h7-8,10-12,16,18H,4-6,9,13-15,17H2,1-3H3. The quantitative estimate of drug-likeness (QED) is 0.210. The summed E-state index contributed by atoms with van der Waals surface area (Å²) in [5.41, 5.74) is 2.98. The van der Waals surface area contributed by atoms with Gasteiger partial charge in [-0.3, -0.25) is 4.79 Å². The number of aryl methyl sites for hydroxylation is 1. The van der Waals surface area contributed by atoms with Crippen LogP contribution < -0.4 is 4.74 Å². The molecule has 0 aliphatic heterocycles. The van der Waals surface area contributed by atoms with Gasteiger partial charge in [0.1, 0.15) is 10.8 Å². The van der Waals surface area contributed by atoms with Crippen molar-refractivity contribution in [3.8, 4) is 5.75 Å². The second kappa shape index (κ2) is 11.7. The van der Waals surface area contributed by atoms with E-state index in [1.54, 1.807) is 12.1 Å². The highest BCUT2D eigenvalue weighted by Crippen LogP contribution is 2.36. The van der Waals surface area contributed by atoms with Crippen molar-refractivity contribution in [2.75, 3.05) is 26.2 Å². The van der Waals surface area contributed by atoms with Gasteiger partial charge in [0.2, 0.25) is 5.78 Å². The molecule has 0 atom stereocenters. The van der Waals surface area contributed by atoms with Crippen LogP contribution in [0, 0.1) is 0 Å². The van der Waals surface area contributed by atoms with E-state index >= 15 is 0 Å². The number of carbonyl (C=O) groups excluding carboxylic acids is 1. The van der Waals surface area contributed by atoms with Crippen molar-refractivity contribution in [1.29, 1.82) is 0 Å². The predicted octanol–water partition coefficient (Wildman–Crippen LogP) is 6.93. The third kappa shape index (κ3) is 5.48. The molecule has 172 valence electrons. The fourth-order valence-electron chi connectivity index (χ4n) is 4.09. The van der Waals surface area contributed by atoms with E-state index < -0.39 is 0 Å². The molecular formula is C26H32Cl2N2O2. The molecule has 0 unspecified atom stereocenters. The van der Waals surface area contributed by atoms with E-state index in [0.717, 1.165) is 56.4 Å². The van der Waals surface area contributed by atoms with Gasteiger partial charge >= 0.3 is 0 Å². The molecule has 2 aromatic heterocycles. The Morgan fingerprint density at radius 2 is 1.75 bits per heavy atom. The van der Waals surface area contributed by atoms with E-state index in [9.17, 15) is 4.79 Å². The summed E-state index contributed by atoms with van der Waals surface area (Å²) >= 11 is 13.1. The Bertz CT molecular complexity index is 1060. The number of fused-ring (bicyclic) bond motifs is 1. The molecule has 0 aliphatic carbocycles. The molecular weight excluding hydrogens is 443 g/mol. The number of hydrogen-bond donors (Lipinski definition) is 0. The molecule has 0 amide bonds. The molecule has 0 spiro atoms. The smallest absolute Gasteiger partial charge is 0.211 e. The minimum atomic E-state index is -0.138. The molecule has 0 aliphatic rings. The van der Waals surface area contributed by atoms with Gasteiger partial charge in [0.15, 0.2) is 0 Å². The molecule has 2 heterocycles. The maximum absolute atomic E-state index is 13.4. The fraction of sp³-hybridized carbons (Fsp3) is 0.423. The molecule has 3 aromatic rings. The fourth-order valence-corrected chi connectivity index (χ4v) is 4.55. The minimum Gasteiger partial charge on any atom is -0.492 e. The Hall–Kier alpha value is -2.01. The number of carbonyl (C=O) groups is 1. The highest BCUT2D eigenvalue weighted by atomic mass is 35.5. The molecule has 0 N–H and O–H groups in total. The number of pyridine rings is 1. The molecule has 0 saturated heterocycles. The first kappa shape index (κ1) is 24.6. The highest BCUT2D eigenvalue weighted by molar-refractivity contribution is 6.45. The number of ether oxygens (including phenoxy) is 1. The van der Waals surface area contributed by atoms with Crippen molar-refractivity contribution in [2.24, 2.45) is 0 Å². The Morgan fingerprint density at radius 1 is 1.00 bits per heavy atom. The van der Waals surface area contributed by atoms with Gasteiger partial charge in [-0.15, -0.1) is 0 Å². The first-order chi connectivity index (χ1) is 15.5. The molecule has 32 heavy (non-hydrogen) atoms. The molecule has 3 rings (SSSR count). The average Bonchev–Trinajstić information content (AvgIpc) is 3.18. The summed E-state index contributed by atoms with van der Waals surface area (Å²) in [4.78, 5) is 15.9. The number of ketones is 1. The van der Waals surface area contributed by atoms with Crippen molar-refractivity contribution >= 4 is 34.5 Å². The first-order valence-corrected chi connectivity index (χ1v) is 12.2. The van der Waals surface area contributed by atoms with Gasteiger partial charge in [0, 0.05) is 23.8 Å².